The van der Waals surface area contributed by atoms with Crippen LogP contribution in [-0.2, 0) is 9.63 Å². The molecule has 0 spiro atoms. The van der Waals surface area contributed by atoms with Gasteiger partial charge < -0.3 is 10.4 Å². The van der Waals surface area contributed by atoms with Crippen molar-refractivity contribution in [1.29, 1.82) is 0 Å². The summed E-state index contributed by atoms with van der Waals surface area (Å²) >= 11 is 0. The summed E-state index contributed by atoms with van der Waals surface area (Å²) in [6, 6.07) is 2.10. The number of carboxylic acid groups (broad SMARTS) is 1. The number of aryl methyl sites for hydroxylation is 1. The third-order valence-corrected chi connectivity index (χ3v) is 3.35. The van der Waals surface area contributed by atoms with E-state index in [1.807, 2.05) is 0 Å². The lowest BCUT2D eigenvalue weighted by molar-refractivity contribution is -0.144. The number of halogens is 3. The molecule has 142 valence electrons. The van der Waals surface area contributed by atoms with Crippen molar-refractivity contribution >= 4 is 29.5 Å². The zero-order valence-corrected chi connectivity index (χ0v) is 14.0. The average Bonchev–Trinajstić information content (AvgIpc) is 2.62. The van der Waals surface area contributed by atoms with Crippen LogP contribution in [-0.4, -0.2) is 28.6 Å². The number of benzene rings is 1. The van der Waals surface area contributed by atoms with Gasteiger partial charge in [-0.25, -0.2) is 28.4 Å². The molecule has 0 fully saturated rings. The second-order valence-corrected chi connectivity index (χ2v) is 5.29. The van der Waals surface area contributed by atoms with Gasteiger partial charge in [0.15, 0.2) is 24.1 Å². The minimum Gasteiger partial charge on any atom is -0.479 e. The van der Waals surface area contributed by atoms with Crippen LogP contribution in [0.3, 0.4) is 0 Å². The number of rotatable bonds is 7. The van der Waals surface area contributed by atoms with Gasteiger partial charge in [-0.05, 0) is 30.2 Å². The number of anilines is 2. The molecule has 0 radical (unpaired) electrons. The molecule has 0 bridgehead atoms. The first-order valence-corrected chi connectivity index (χ1v) is 7.42. The van der Waals surface area contributed by atoms with Gasteiger partial charge >= 0.3 is 5.97 Å². The fourth-order valence-electron chi connectivity index (χ4n) is 2.07. The fraction of sp³-hybridized carbons (Fsp3) is 0.118. The van der Waals surface area contributed by atoms with Crippen molar-refractivity contribution in [3.8, 4) is 0 Å². The number of nitrogens with zero attached hydrogens (tertiary/aromatic N) is 1. The van der Waals surface area contributed by atoms with Gasteiger partial charge in [0.2, 0.25) is 0 Å². The zero-order valence-electron chi connectivity index (χ0n) is 14.0. The maximum absolute atomic E-state index is 14.3. The third kappa shape index (κ3) is 4.61. The molecule has 3 N–H and O–H groups in total. The number of aliphatic carboxylic acids is 1. The van der Waals surface area contributed by atoms with Gasteiger partial charge in [-0.2, -0.15) is 0 Å². The second-order valence-electron chi connectivity index (χ2n) is 5.29. The Morgan fingerprint density at radius 2 is 2.00 bits per heavy atom. The molecule has 0 aliphatic rings. The van der Waals surface area contributed by atoms with E-state index in [2.05, 4.69) is 21.7 Å². The molecule has 1 aromatic carbocycles. The van der Waals surface area contributed by atoms with E-state index in [0.717, 1.165) is 0 Å². The number of aromatic nitrogens is 1. The van der Waals surface area contributed by atoms with Crippen molar-refractivity contribution in [3.63, 3.8) is 0 Å². The highest BCUT2D eigenvalue weighted by atomic mass is 19.2. The molecule has 2 rings (SSSR count). The molecule has 7 nitrogen and oxygen atoms in total. The maximum Gasteiger partial charge on any atom is 0.332 e. The lowest BCUT2D eigenvalue weighted by Gasteiger charge is -2.15. The summed E-state index contributed by atoms with van der Waals surface area (Å²) in [5.74, 6) is -7.52. The topological polar surface area (TPSA) is 101 Å². The number of amides is 1. The van der Waals surface area contributed by atoms with Crippen LogP contribution < -0.4 is 10.8 Å². The number of carbonyl (C=O) groups is 2. The predicted octanol–water partition coefficient (Wildman–Crippen LogP) is 2.94. The SMILES string of the molecule is C=Cc1cnc(Nc2c(C(=O)NOCC(=O)O)cc(F)c(F)c2F)c(C)c1. The summed E-state index contributed by atoms with van der Waals surface area (Å²) in [6.07, 6.45) is 2.93. The number of hydroxylamine groups is 1. The van der Waals surface area contributed by atoms with Crippen molar-refractivity contribution in [1.82, 2.24) is 10.5 Å². The smallest absolute Gasteiger partial charge is 0.332 e. The molecule has 1 aromatic heterocycles. The molecular weight excluding hydrogens is 367 g/mol. The van der Waals surface area contributed by atoms with Crippen LogP contribution in [0.4, 0.5) is 24.7 Å². The first-order chi connectivity index (χ1) is 12.7. The molecule has 0 aliphatic carbocycles. The van der Waals surface area contributed by atoms with Gasteiger partial charge in [0.05, 0.1) is 11.3 Å². The Hall–Kier alpha value is -3.40. The monoisotopic (exact) mass is 381 g/mol. The Morgan fingerprint density at radius 3 is 2.59 bits per heavy atom. The van der Waals surface area contributed by atoms with Crippen LogP contribution in [0, 0.1) is 24.4 Å². The van der Waals surface area contributed by atoms with Crippen LogP contribution in [0.5, 0.6) is 0 Å². The van der Waals surface area contributed by atoms with Crippen LogP contribution in [0.1, 0.15) is 21.5 Å². The van der Waals surface area contributed by atoms with E-state index in [1.165, 1.54) is 12.3 Å². The Balaban J connectivity index is 2.42. The molecule has 0 unspecified atom stereocenters. The number of hydrogen-bond donors (Lipinski definition) is 3. The summed E-state index contributed by atoms with van der Waals surface area (Å²) in [5, 5.41) is 10.9. The van der Waals surface area contributed by atoms with Crippen molar-refractivity contribution in [2.45, 2.75) is 6.92 Å². The molecule has 0 saturated heterocycles. The lowest BCUT2D eigenvalue weighted by Crippen LogP contribution is -2.28. The normalized spacial score (nSPS) is 10.4. The minimum absolute atomic E-state index is 0.0889. The van der Waals surface area contributed by atoms with Gasteiger partial charge in [0.1, 0.15) is 5.82 Å². The number of nitrogens with one attached hydrogen (secondary N) is 2. The van der Waals surface area contributed by atoms with E-state index in [-0.39, 0.29) is 5.82 Å². The highest BCUT2D eigenvalue weighted by molar-refractivity contribution is 6.00. The number of hydrogen-bond acceptors (Lipinski definition) is 5. The lowest BCUT2D eigenvalue weighted by atomic mass is 10.1. The summed E-state index contributed by atoms with van der Waals surface area (Å²) in [5.41, 5.74) is 1.57. The van der Waals surface area contributed by atoms with Crippen molar-refractivity contribution in [2.24, 2.45) is 0 Å². The van der Waals surface area contributed by atoms with E-state index >= 15 is 0 Å². The molecular formula is C17H14F3N3O4. The van der Waals surface area contributed by atoms with Crippen LogP contribution in [0.25, 0.3) is 6.08 Å². The van der Waals surface area contributed by atoms with Crippen LogP contribution in [0.15, 0.2) is 24.9 Å². The molecule has 1 heterocycles. The molecule has 10 heteroatoms. The molecule has 0 saturated carbocycles. The Kier molecular flexibility index (Phi) is 6.14. The summed E-state index contributed by atoms with van der Waals surface area (Å²) < 4.78 is 41.5. The Morgan fingerprint density at radius 1 is 1.30 bits per heavy atom. The third-order valence-electron chi connectivity index (χ3n) is 3.35. The van der Waals surface area contributed by atoms with E-state index in [4.69, 9.17) is 5.11 Å². The number of carbonyl (C=O) groups excluding carboxylic acids is 1. The molecule has 2 aromatic rings. The second kappa shape index (κ2) is 8.32. The molecule has 0 atom stereocenters. The van der Waals surface area contributed by atoms with E-state index in [0.29, 0.717) is 17.2 Å². The highest BCUT2D eigenvalue weighted by Crippen LogP contribution is 2.29. The molecule has 0 aliphatic heterocycles. The van der Waals surface area contributed by atoms with E-state index in [1.54, 1.807) is 18.5 Å². The van der Waals surface area contributed by atoms with Crippen molar-refractivity contribution in [2.75, 3.05) is 11.9 Å². The standard InChI is InChI=1S/C17H14F3N3O4/c1-3-9-4-8(2)16(21-6-9)22-15-10(5-11(18)13(19)14(15)20)17(26)23-27-7-12(24)25/h3-6H,1,7H2,2H3,(H,21,22)(H,23,26)(H,24,25). The Labute approximate surface area is 151 Å². The van der Waals surface area contributed by atoms with Crippen LogP contribution in [0.2, 0.25) is 0 Å². The number of carboxylic acids is 1. The summed E-state index contributed by atoms with van der Waals surface area (Å²) in [7, 11) is 0. The number of pyridine rings is 1. The van der Waals surface area contributed by atoms with Gasteiger partial charge in [-0.15, -0.1) is 0 Å². The van der Waals surface area contributed by atoms with E-state index in [9.17, 15) is 22.8 Å². The van der Waals surface area contributed by atoms with Gasteiger partial charge in [-0.3, -0.25) is 9.63 Å². The quantitative estimate of drug-likeness (QED) is 0.504. The summed E-state index contributed by atoms with van der Waals surface area (Å²) in [4.78, 5) is 30.9. The van der Waals surface area contributed by atoms with Crippen molar-refractivity contribution < 1.29 is 32.7 Å². The van der Waals surface area contributed by atoms with Gasteiger partial charge in [0.25, 0.3) is 5.91 Å². The highest BCUT2D eigenvalue weighted by Gasteiger charge is 2.24. The average molecular weight is 381 g/mol. The zero-order chi connectivity index (χ0) is 20.1. The van der Waals surface area contributed by atoms with Crippen LogP contribution >= 0.6 is 0 Å². The largest absolute Gasteiger partial charge is 0.479 e. The molecule has 1 amide bonds. The van der Waals surface area contributed by atoms with Gasteiger partial charge in [0, 0.05) is 6.20 Å². The van der Waals surface area contributed by atoms with E-state index < -0.39 is 47.2 Å². The predicted molar refractivity (Wildman–Crippen MR) is 89.7 cm³/mol. The fourth-order valence-corrected chi connectivity index (χ4v) is 2.07. The van der Waals surface area contributed by atoms with Crippen molar-refractivity contribution in [3.05, 3.63) is 59.1 Å². The summed E-state index contributed by atoms with van der Waals surface area (Å²) in [6.45, 7) is 4.32. The minimum atomic E-state index is -1.79. The first kappa shape index (κ1) is 19.9. The van der Waals surface area contributed by atoms with Gasteiger partial charge in [-0.1, -0.05) is 12.7 Å². The molecule has 27 heavy (non-hydrogen) atoms. The first-order valence-electron chi connectivity index (χ1n) is 7.42. The Bertz CT molecular complexity index is 919. The maximum atomic E-state index is 14.3.